The van der Waals surface area contributed by atoms with Gasteiger partial charge in [0, 0.05) is 63.3 Å². The quantitative estimate of drug-likeness (QED) is 0.522. The van der Waals surface area contributed by atoms with E-state index in [9.17, 15) is 17.2 Å². The van der Waals surface area contributed by atoms with Crippen molar-refractivity contribution in [3.63, 3.8) is 0 Å². The van der Waals surface area contributed by atoms with Crippen molar-refractivity contribution in [2.45, 2.75) is 31.2 Å². The van der Waals surface area contributed by atoms with E-state index in [0.29, 0.717) is 55.0 Å². The number of hydrogen-bond donors (Lipinski definition) is 2. The van der Waals surface area contributed by atoms with Gasteiger partial charge in [-0.05, 0) is 18.9 Å². The molecule has 188 valence electrons. The molecule has 13 heteroatoms. The van der Waals surface area contributed by atoms with Gasteiger partial charge in [-0.2, -0.15) is 5.10 Å². The molecule has 3 aromatic heterocycles. The van der Waals surface area contributed by atoms with Gasteiger partial charge in [0.2, 0.25) is 10.0 Å². The summed E-state index contributed by atoms with van der Waals surface area (Å²) in [6.07, 6.45) is 9.09. The van der Waals surface area contributed by atoms with Crippen molar-refractivity contribution < 1.29 is 17.2 Å². The lowest BCUT2D eigenvalue weighted by atomic mass is 9.95. The molecule has 2 aliphatic heterocycles. The minimum Gasteiger partial charge on any atom is -0.368 e. The van der Waals surface area contributed by atoms with E-state index in [0.717, 1.165) is 5.56 Å². The zero-order valence-electron chi connectivity index (χ0n) is 19.4. The first-order valence-electron chi connectivity index (χ1n) is 11.6. The monoisotopic (exact) mass is 506 g/mol. The third-order valence-electron chi connectivity index (χ3n) is 6.76. The number of fused-ring (bicyclic) bond motifs is 1. The van der Waals surface area contributed by atoms with Gasteiger partial charge >= 0.3 is 0 Å². The number of rotatable bonds is 6. The third kappa shape index (κ3) is 5.11. The van der Waals surface area contributed by atoms with Gasteiger partial charge in [-0.15, -0.1) is 0 Å². The Bertz CT molecular complexity index is 1310. The lowest BCUT2D eigenvalue weighted by Gasteiger charge is -2.32. The van der Waals surface area contributed by atoms with Crippen molar-refractivity contribution >= 4 is 26.9 Å². The number of nitrogens with zero attached hydrogens (tertiary/aromatic N) is 6. The molecule has 0 aromatic carbocycles. The molecule has 2 saturated heterocycles. The van der Waals surface area contributed by atoms with Crippen LogP contribution in [0.25, 0.3) is 22.3 Å². The first-order chi connectivity index (χ1) is 16.7. The van der Waals surface area contributed by atoms with E-state index < -0.39 is 21.9 Å². The molecule has 0 amide bonds. The average molecular weight is 507 g/mol. The highest BCUT2D eigenvalue weighted by molar-refractivity contribution is 7.88. The number of halogens is 2. The van der Waals surface area contributed by atoms with Gasteiger partial charge in [-0.3, -0.25) is 9.67 Å². The molecule has 5 heterocycles. The Hall–Kier alpha value is -2.77. The van der Waals surface area contributed by atoms with Crippen LogP contribution in [0.15, 0.2) is 30.9 Å². The summed E-state index contributed by atoms with van der Waals surface area (Å²) in [4.78, 5) is 13.4. The summed E-state index contributed by atoms with van der Waals surface area (Å²) in [5, 5.41) is 10.6. The van der Waals surface area contributed by atoms with Crippen LogP contribution in [0.3, 0.4) is 0 Å². The minimum absolute atomic E-state index is 0.0559. The zero-order chi connectivity index (χ0) is 24.6. The van der Waals surface area contributed by atoms with E-state index >= 15 is 0 Å². The molecule has 3 aromatic rings. The molecule has 35 heavy (non-hydrogen) atoms. The predicted molar refractivity (Wildman–Crippen MR) is 128 cm³/mol. The predicted octanol–water partition coefficient (Wildman–Crippen LogP) is 2.14. The number of nitrogens with one attached hydrogen (secondary N) is 2. The number of hydrogen-bond acceptors (Lipinski definition) is 8. The number of aromatic nitrogens is 5. The molecule has 0 bridgehead atoms. The summed E-state index contributed by atoms with van der Waals surface area (Å²) in [5.41, 5.74) is 2.48. The number of anilines is 1. The summed E-state index contributed by atoms with van der Waals surface area (Å²) in [6.45, 7) is 1.51. The summed E-state index contributed by atoms with van der Waals surface area (Å²) in [7, 11) is -3.19. The van der Waals surface area contributed by atoms with E-state index in [4.69, 9.17) is 0 Å². The minimum atomic E-state index is -3.19. The fourth-order valence-corrected chi connectivity index (χ4v) is 5.55. The molecule has 2 N–H and O–H groups in total. The number of alkyl halides is 2. The van der Waals surface area contributed by atoms with Crippen LogP contribution in [0.4, 0.5) is 14.6 Å². The lowest BCUT2D eigenvalue weighted by Crippen LogP contribution is -2.47. The zero-order valence-corrected chi connectivity index (χ0v) is 20.2. The van der Waals surface area contributed by atoms with Crippen LogP contribution in [-0.4, -0.2) is 82.4 Å². The SMILES string of the molecule is CS(=O)(=O)N1CCC(n2cc(-c3cc4nccnc4c(NCC4CNCCC4(F)F)n3)cn2)CC1. The highest BCUT2D eigenvalue weighted by atomic mass is 32.2. The Morgan fingerprint density at radius 3 is 2.74 bits per heavy atom. The first kappa shape index (κ1) is 23.9. The second-order valence-electron chi connectivity index (χ2n) is 9.18. The fourth-order valence-electron chi connectivity index (χ4n) is 4.68. The molecule has 10 nitrogen and oxygen atoms in total. The molecule has 0 radical (unpaired) electrons. The van der Waals surface area contributed by atoms with Crippen LogP contribution < -0.4 is 10.6 Å². The highest BCUT2D eigenvalue weighted by Crippen LogP contribution is 2.32. The molecular weight excluding hydrogens is 478 g/mol. The van der Waals surface area contributed by atoms with Gasteiger partial charge in [-0.25, -0.2) is 31.5 Å². The van der Waals surface area contributed by atoms with E-state index in [1.807, 2.05) is 10.9 Å². The smallest absolute Gasteiger partial charge is 0.255 e. The molecule has 5 rings (SSSR count). The Labute approximate surface area is 202 Å². The third-order valence-corrected chi connectivity index (χ3v) is 8.06. The molecule has 0 spiro atoms. The normalized spacial score (nSPS) is 21.9. The number of pyridine rings is 1. The maximum Gasteiger partial charge on any atom is 0.255 e. The van der Waals surface area contributed by atoms with E-state index in [1.54, 1.807) is 24.7 Å². The van der Waals surface area contributed by atoms with Gasteiger partial charge in [0.25, 0.3) is 5.92 Å². The Morgan fingerprint density at radius 2 is 2.00 bits per heavy atom. The van der Waals surface area contributed by atoms with Crippen LogP contribution in [0.5, 0.6) is 0 Å². The van der Waals surface area contributed by atoms with Crippen molar-refractivity contribution in [1.82, 2.24) is 34.4 Å². The van der Waals surface area contributed by atoms with E-state index in [-0.39, 0.29) is 25.6 Å². The molecule has 2 fully saturated rings. The van der Waals surface area contributed by atoms with E-state index in [1.165, 1.54) is 10.6 Å². The summed E-state index contributed by atoms with van der Waals surface area (Å²) in [6, 6.07) is 1.89. The maximum absolute atomic E-state index is 14.3. The second kappa shape index (κ2) is 9.36. The highest BCUT2D eigenvalue weighted by Gasteiger charge is 2.41. The molecule has 1 unspecified atom stereocenters. The van der Waals surface area contributed by atoms with E-state index in [2.05, 4.69) is 30.7 Å². The van der Waals surface area contributed by atoms with Crippen molar-refractivity contribution in [2.24, 2.45) is 5.92 Å². The summed E-state index contributed by atoms with van der Waals surface area (Å²) >= 11 is 0. The standard InChI is InChI=1S/C22H28F2N8O2S/c1-35(33,34)31-8-2-17(3-9-31)32-14-15(11-29-32)18-10-19-20(27-7-6-26-19)21(30-18)28-13-16-12-25-5-4-22(16,23)24/h6-7,10-11,14,16-17,25H,2-5,8-9,12-13H2,1H3,(H,28,30). The van der Waals surface area contributed by atoms with Crippen LogP contribution in [0.2, 0.25) is 0 Å². The maximum atomic E-state index is 14.3. The van der Waals surface area contributed by atoms with Crippen LogP contribution in [0.1, 0.15) is 25.3 Å². The molecule has 2 aliphatic rings. The molecule has 0 saturated carbocycles. The number of piperidine rings is 2. The lowest BCUT2D eigenvalue weighted by molar-refractivity contribution is -0.0728. The van der Waals surface area contributed by atoms with Gasteiger partial charge in [0.15, 0.2) is 5.82 Å². The summed E-state index contributed by atoms with van der Waals surface area (Å²) in [5.74, 6) is -3.19. The van der Waals surface area contributed by atoms with Crippen molar-refractivity contribution in [2.75, 3.05) is 44.3 Å². The van der Waals surface area contributed by atoms with Gasteiger partial charge in [0.05, 0.1) is 35.6 Å². The van der Waals surface area contributed by atoms with Crippen LogP contribution >= 0.6 is 0 Å². The largest absolute Gasteiger partial charge is 0.368 e. The van der Waals surface area contributed by atoms with Gasteiger partial charge in [-0.1, -0.05) is 0 Å². The summed E-state index contributed by atoms with van der Waals surface area (Å²) < 4.78 is 55.5. The molecular formula is C22H28F2N8O2S. The Kier molecular flexibility index (Phi) is 6.40. The average Bonchev–Trinajstić information content (AvgIpc) is 3.33. The van der Waals surface area contributed by atoms with Crippen molar-refractivity contribution in [3.8, 4) is 11.3 Å². The second-order valence-corrected chi connectivity index (χ2v) is 11.2. The topological polar surface area (TPSA) is 118 Å². The van der Waals surface area contributed by atoms with Crippen molar-refractivity contribution in [3.05, 3.63) is 30.9 Å². The first-order valence-corrected chi connectivity index (χ1v) is 13.5. The van der Waals surface area contributed by atoms with Gasteiger partial charge < -0.3 is 10.6 Å². The fraction of sp³-hybridized carbons (Fsp3) is 0.545. The Morgan fingerprint density at radius 1 is 1.23 bits per heavy atom. The van der Waals surface area contributed by atoms with Crippen LogP contribution in [0, 0.1) is 5.92 Å². The molecule has 0 aliphatic carbocycles. The van der Waals surface area contributed by atoms with Gasteiger partial charge in [0.1, 0.15) is 5.52 Å². The van der Waals surface area contributed by atoms with Crippen molar-refractivity contribution in [1.29, 1.82) is 0 Å². The Balaban J connectivity index is 1.37. The van der Waals surface area contributed by atoms with Crippen LogP contribution in [-0.2, 0) is 10.0 Å². The molecule has 1 atom stereocenters. The number of sulfonamides is 1.